The number of hydrogen-bond acceptors (Lipinski definition) is 12. The number of rotatable bonds is 44. The highest BCUT2D eigenvalue weighted by Crippen LogP contribution is 2.23. The fourth-order valence-electron chi connectivity index (χ4n) is 11.3. The molecule has 0 fully saturated rings. The van der Waals surface area contributed by atoms with Crippen molar-refractivity contribution in [1.29, 1.82) is 0 Å². The number of amides is 8. The molecule has 6 rings (SSSR count). The van der Waals surface area contributed by atoms with Crippen LogP contribution in [0.4, 0.5) is 0 Å². The van der Waals surface area contributed by atoms with Gasteiger partial charge in [0, 0.05) is 103 Å². The molecule has 29 heteroatoms. The number of H-pyrrole nitrogens is 3. The predicted octanol–water partition coefficient (Wildman–Crippen LogP) is 1.47. The average molecular weight is 1330 g/mol. The summed E-state index contributed by atoms with van der Waals surface area (Å²) in [6, 6.07) is 12.9. The highest BCUT2D eigenvalue weighted by atomic mass is 16.2. The van der Waals surface area contributed by atoms with Gasteiger partial charge in [0.05, 0.1) is 6.04 Å². The minimum absolute atomic E-state index is 0.0360. The molecule has 0 saturated carbocycles. The molecular formula is C67H99N21O8. The zero-order chi connectivity index (χ0) is 69.4. The monoisotopic (exact) mass is 1330 g/mol. The smallest absolute Gasteiger partial charge is 0.243 e. The lowest BCUT2D eigenvalue weighted by Gasteiger charge is -2.28. The summed E-state index contributed by atoms with van der Waals surface area (Å²) in [5, 5.41) is 22.2. The summed E-state index contributed by atoms with van der Waals surface area (Å²) in [5.74, 6) is -6.02. The number of nitrogens with one attached hydrogen (secondary N) is 10. The van der Waals surface area contributed by atoms with Crippen LogP contribution < -0.4 is 83.1 Å². The second-order valence-electron chi connectivity index (χ2n) is 24.1. The number of carbonyl (C=O) groups is 8. The Morgan fingerprint density at radius 1 is 0.396 bits per heavy atom. The number of hydrogen-bond donors (Lipinski definition) is 18. The highest BCUT2D eigenvalue weighted by molar-refractivity contribution is 5.99. The summed E-state index contributed by atoms with van der Waals surface area (Å²) in [6.07, 6.45) is 14.6. The Morgan fingerprint density at radius 3 is 1.15 bits per heavy atom. The van der Waals surface area contributed by atoms with Crippen molar-refractivity contribution >= 4 is 97.8 Å². The van der Waals surface area contributed by atoms with E-state index in [2.05, 4.69) is 74.1 Å². The number of guanidine groups is 3. The van der Waals surface area contributed by atoms with Crippen molar-refractivity contribution in [3.05, 3.63) is 108 Å². The van der Waals surface area contributed by atoms with Crippen molar-refractivity contribution in [3.63, 3.8) is 0 Å². The van der Waals surface area contributed by atoms with Crippen LogP contribution in [0.1, 0.15) is 133 Å². The second kappa shape index (κ2) is 39.5. The topological polar surface area (TPSA) is 513 Å². The van der Waals surface area contributed by atoms with Crippen LogP contribution in [0.3, 0.4) is 0 Å². The molecule has 3 aromatic heterocycles. The van der Waals surface area contributed by atoms with Crippen LogP contribution in [0.25, 0.3) is 32.7 Å². The molecule has 0 saturated heterocycles. The summed E-state index contributed by atoms with van der Waals surface area (Å²) >= 11 is 0. The van der Waals surface area contributed by atoms with Gasteiger partial charge in [0.15, 0.2) is 17.9 Å². The van der Waals surface area contributed by atoms with Crippen LogP contribution in [0.5, 0.6) is 0 Å². The van der Waals surface area contributed by atoms with Crippen molar-refractivity contribution in [3.8, 4) is 0 Å². The van der Waals surface area contributed by atoms with Crippen molar-refractivity contribution in [1.82, 2.24) is 52.2 Å². The van der Waals surface area contributed by atoms with Gasteiger partial charge < -0.3 is 98.0 Å². The molecule has 96 heavy (non-hydrogen) atoms. The van der Waals surface area contributed by atoms with Crippen LogP contribution >= 0.6 is 0 Å². The predicted molar refractivity (Wildman–Crippen MR) is 374 cm³/mol. The average Bonchev–Trinajstić information content (AvgIpc) is 1.65. The summed E-state index contributed by atoms with van der Waals surface area (Å²) in [5.41, 5.74) is 50.1. The van der Waals surface area contributed by atoms with E-state index in [-0.39, 0.29) is 101 Å². The van der Waals surface area contributed by atoms with E-state index in [9.17, 15) is 24.0 Å². The van der Waals surface area contributed by atoms with E-state index in [4.69, 9.17) is 45.9 Å². The number of nitrogens with two attached hydrogens (primary N) is 8. The van der Waals surface area contributed by atoms with Crippen LogP contribution in [-0.2, 0) is 57.6 Å². The molecule has 3 heterocycles. The second-order valence-corrected chi connectivity index (χ2v) is 24.1. The molecule has 520 valence electrons. The third kappa shape index (κ3) is 24.9. The molecule has 0 aliphatic heterocycles. The van der Waals surface area contributed by atoms with E-state index in [0.29, 0.717) is 48.9 Å². The molecule has 0 aliphatic carbocycles. The number of para-hydroxylation sites is 3. The van der Waals surface area contributed by atoms with Crippen molar-refractivity contribution < 1.29 is 38.4 Å². The maximum atomic E-state index is 15.3. The molecule has 0 spiro atoms. The lowest BCUT2D eigenvalue weighted by Crippen LogP contribution is -2.60. The van der Waals surface area contributed by atoms with Crippen molar-refractivity contribution in [2.75, 3.05) is 26.2 Å². The fraction of sp³-hybridized carbons (Fsp3) is 0.478. The van der Waals surface area contributed by atoms with Gasteiger partial charge in [0.2, 0.25) is 47.3 Å². The Hall–Kier alpha value is -10.2. The quantitative estimate of drug-likeness (QED) is 0.0146. The molecule has 0 aliphatic rings. The maximum absolute atomic E-state index is 15.3. The number of carbonyl (C=O) groups excluding carboxylic acids is 8. The molecule has 0 bridgehead atoms. The summed E-state index contributed by atoms with van der Waals surface area (Å²) in [4.78, 5) is 136. The van der Waals surface area contributed by atoms with E-state index < -0.39 is 83.6 Å². The normalized spacial score (nSPS) is 13.4. The number of fused-ring (bicyclic) bond motifs is 3. The first-order chi connectivity index (χ1) is 46.2. The van der Waals surface area contributed by atoms with E-state index in [1.807, 2.05) is 72.8 Å². The number of aliphatic imine (C=N–C) groups is 3. The van der Waals surface area contributed by atoms with Crippen LogP contribution in [-0.4, -0.2) is 149 Å². The summed E-state index contributed by atoms with van der Waals surface area (Å²) in [7, 11) is 0. The SMILES string of the molecule is CCCCCCCCCC(=O)NCCCC[C@H](NC(=O)[C@H](Cc1c[nH]c2ccccc12)NC(=O)[C@@H](CCCN=C(N)N)NC(=O)[C@H](Cc1c[nH]c2ccccc12)NC(=O)[C@H](CCCN=C(N)N)NC(=O)[C@H](Cc1c[nH]c2ccccc12)NC(=O)[C@H](N)CCCN=C(N)N)C(N)=O. The zero-order valence-corrected chi connectivity index (χ0v) is 54.9. The molecule has 7 atom stereocenters. The molecule has 6 aromatic rings. The van der Waals surface area contributed by atoms with E-state index in [1.54, 1.807) is 18.6 Å². The van der Waals surface area contributed by atoms with Gasteiger partial charge in [-0.15, -0.1) is 0 Å². The molecule has 26 N–H and O–H groups in total. The third-order valence-corrected chi connectivity index (χ3v) is 16.6. The number of aromatic amines is 3. The van der Waals surface area contributed by atoms with Gasteiger partial charge in [-0.05, 0) is 99.1 Å². The van der Waals surface area contributed by atoms with Gasteiger partial charge in [-0.1, -0.05) is 100 Å². The lowest BCUT2D eigenvalue weighted by molar-refractivity contribution is -0.135. The summed E-state index contributed by atoms with van der Waals surface area (Å²) < 4.78 is 0. The first kappa shape index (κ1) is 74.8. The minimum atomic E-state index is -1.46. The number of primary amides is 1. The highest BCUT2D eigenvalue weighted by Gasteiger charge is 2.35. The first-order valence-electron chi connectivity index (χ1n) is 33.2. The van der Waals surface area contributed by atoms with Crippen molar-refractivity contribution in [2.24, 2.45) is 60.8 Å². The van der Waals surface area contributed by atoms with Crippen LogP contribution in [0.2, 0.25) is 0 Å². The third-order valence-electron chi connectivity index (χ3n) is 16.6. The van der Waals surface area contributed by atoms with Gasteiger partial charge in [-0.25, -0.2) is 0 Å². The molecule has 3 aromatic carbocycles. The fourth-order valence-corrected chi connectivity index (χ4v) is 11.3. The first-order valence-corrected chi connectivity index (χ1v) is 33.2. The van der Waals surface area contributed by atoms with Gasteiger partial charge in [0.1, 0.15) is 36.3 Å². The van der Waals surface area contributed by atoms with Crippen LogP contribution in [0.15, 0.2) is 106 Å². The number of aromatic nitrogens is 3. The van der Waals surface area contributed by atoms with Crippen molar-refractivity contribution in [2.45, 2.75) is 178 Å². The minimum Gasteiger partial charge on any atom is -0.370 e. The van der Waals surface area contributed by atoms with Crippen LogP contribution in [0, 0.1) is 0 Å². The lowest BCUT2D eigenvalue weighted by atomic mass is 10.0. The standard InChI is InChI=1S/C67H99N21O8/c1-2-3-4-5-6-7-8-30-57(89)76-31-16-15-27-51(58(69)90)83-62(94)55(36-42-39-81-49-25-13-10-21-45(42)49)87-60(92)53(29-19-34-79-67(74)75)85-64(96)56(37-43-40-82-50-26-14-11-22-46(43)50)88-61(93)52(28-18-33-78-66(72)73)84-63(95)54(35-41-38-80-48-24-12-9-20-44(41)48)86-59(91)47(68)23-17-32-77-65(70)71/h9-14,20-22,24-26,38-40,47,51-56,80-82H,2-8,15-19,23,27-37,68H2,1H3,(H2,69,90)(H,76,89)(H,83,94)(H,84,95)(H,85,96)(H,86,91)(H,87,92)(H,88,93)(H4,70,71,77)(H4,72,73,78)(H4,74,75,79)/t47-,51+,52+,53-,54+,55+,56+/m1/s1. The van der Waals surface area contributed by atoms with Gasteiger partial charge in [-0.2, -0.15) is 0 Å². The number of nitrogens with zero attached hydrogens (tertiary/aromatic N) is 3. The number of benzene rings is 3. The van der Waals surface area contributed by atoms with E-state index in [1.165, 1.54) is 19.3 Å². The maximum Gasteiger partial charge on any atom is 0.243 e. The Morgan fingerprint density at radius 2 is 0.740 bits per heavy atom. The molecule has 0 radical (unpaired) electrons. The largest absolute Gasteiger partial charge is 0.370 e. The van der Waals surface area contributed by atoms with E-state index >= 15 is 14.4 Å². The van der Waals surface area contributed by atoms with Gasteiger partial charge in [0.25, 0.3) is 0 Å². The van der Waals surface area contributed by atoms with E-state index in [0.717, 1.165) is 58.4 Å². The number of unbranched alkanes of at least 4 members (excludes halogenated alkanes) is 7. The molecule has 0 unspecified atom stereocenters. The Balaban J connectivity index is 1.27. The molecule has 8 amide bonds. The Kier molecular flexibility index (Phi) is 30.8. The molecular weight excluding hydrogens is 1230 g/mol. The summed E-state index contributed by atoms with van der Waals surface area (Å²) in [6.45, 7) is 2.83. The Bertz CT molecular complexity index is 3600. The molecule has 29 nitrogen and oxygen atoms in total. The Labute approximate surface area is 558 Å². The zero-order valence-electron chi connectivity index (χ0n) is 54.9. The van der Waals surface area contributed by atoms with Gasteiger partial charge in [-0.3, -0.25) is 53.3 Å². The van der Waals surface area contributed by atoms with Gasteiger partial charge >= 0.3 is 0 Å².